The molecule has 0 radical (unpaired) electrons. The van der Waals surface area contributed by atoms with Crippen molar-refractivity contribution in [3.05, 3.63) is 70.6 Å². The molecule has 6 nitrogen and oxygen atoms in total. The highest BCUT2D eigenvalue weighted by molar-refractivity contribution is 6.31. The van der Waals surface area contributed by atoms with Gasteiger partial charge in [0.25, 0.3) is 5.91 Å². The van der Waals surface area contributed by atoms with Gasteiger partial charge in [-0.1, -0.05) is 30.1 Å². The van der Waals surface area contributed by atoms with Gasteiger partial charge in [-0.25, -0.2) is 15.0 Å². The number of anilines is 1. The number of rotatable bonds is 5. The number of hydrogen-bond donors (Lipinski definition) is 1. The van der Waals surface area contributed by atoms with Gasteiger partial charge < -0.3 is 10.2 Å². The number of likely N-dealkylation sites (tertiary alicyclic amines) is 1. The van der Waals surface area contributed by atoms with E-state index < -0.39 is 0 Å². The summed E-state index contributed by atoms with van der Waals surface area (Å²) >= 11 is 12.2. The molecule has 1 saturated heterocycles. The van der Waals surface area contributed by atoms with Gasteiger partial charge in [0, 0.05) is 47.8 Å². The van der Waals surface area contributed by atoms with Crippen molar-refractivity contribution in [3.8, 4) is 11.4 Å². The zero-order valence-electron chi connectivity index (χ0n) is 18.0. The average molecular weight is 470 g/mol. The van der Waals surface area contributed by atoms with Gasteiger partial charge in [-0.05, 0) is 62.1 Å². The lowest BCUT2D eigenvalue weighted by Crippen LogP contribution is -2.54. The van der Waals surface area contributed by atoms with Crippen LogP contribution in [-0.2, 0) is 0 Å². The Morgan fingerprint density at radius 2 is 1.81 bits per heavy atom. The monoisotopic (exact) mass is 469 g/mol. The largest absolute Gasteiger partial charge is 0.368 e. The van der Waals surface area contributed by atoms with Gasteiger partial charge in [-0.2, -0.15) is 0 Å². The molecule has 1 amide bonds. The zero-order valence-corrected chi connectivity index (χ0v) is 19.5. The molecule has 3 heterocycles. The molecular weight excluding hydrogens is 445 g/mol. The van der Waals surface area contributed by atoms with Crippen LogP contribution in [0.1, 0.15) is 37.0 Å². The van der Waals surface area contributed by atoms with Crippen LogP contribution in [0.15, 0.2) is 55.0 Å². The second kappa shape index (κ2) is 9.84. The minimum absolute atomic E-state index is 0.00898. The number of benzene rings is 1. The van der Waals surface area contributed by atoms with E-state index in [-0.39, 0.29) is 18.0 Å². The molecule has 1 N–H and O–H groups in total. The molecule has 32 heavy (non-hydrogen) atoms. The SMILES string of the molecule is CC1[C@@H](C)CC[C@@H](CNc2ccc(Cl)cn2)N1C(=O)c1cc(Cl)ccc1-c1ncccn1. The second-order valence-electron chi connectivity index (χ2n) is 8.17. The first-order chi connectivity index (χ1) is 15.4. The third-order valence-electron chi connectivity index (χ3n) is 6.11. The summed E-state index contributed by atoms with van der Waals surface area (Å²) in [6, 6.07) is 10.8. The number of halogens is 2. The predicted octanol–water partition coefficient (Wildman–Crippen LogP) is 5.59. The summed E-state index contributed by atoms with van der Waals surface area (Å²) in [4.78, 5) is 28.9. The Morgan fingerprint density at radius 1 is 1.06 bits per heavy atom. The fraction of sp³-hybridized carbons (Fsp3) is 0.333. The Morgan fingerprint density at radius 3 is 2.53 bits per heavy atom. The normalized spacial score (nSPS) is 20.8. The van der Waals surface area contributed by atoms with Gasteiger partial charge in [0.15, 0.2) is 5.82 Å². The highest BCUT2D eigenvalue weighted by Crippen LogP contribution is 2.32. The molecule has 1 aromatic carbocycles. The molecule has 2 aromatic heterocycles. The van der Waals surface area contributed by atoms with Crippen LogP contribution in [0.2, 0.25) is 10.0 Å². The second-order valence-corrected chi connectivity index (χ2v) is 9.04. The number of pyridine rings is 1. The van der Waals surface area contributed by atoms with E-state index in [0.717, 1.165) is 18.7 Å². The summed E-state index contributed by atoms with van der Waals surface area (Å²) in [5.41, 5.74) is 1.19. The van der Waals surface area contributed by atoms with Gasteiger partial charge in [-0.15, -0.1) is 0 Å². The quantitative estimate of drug-likeness (QED) is 0.527. The van der Waals surface area contributed by atoms with Crippen molar-refractivity contribution < 1.29 is 4.79 Å². The van der Waals surface area contributed by atoms with Crippen molar-refractivity contribution in [1.29, 1.82) is 0 Å². The molecule has 1 aliphatic rings. The number of piperidine rings is 1. The lowest BCUT2D eigenvalue weighted by atomic mass is 9.86. The highest BCUT2D eigenvalue weighted by Gasteiger charge is 2.37. The van der Waals surface area contributed by atoms with Crippen molar-refractivity contribution in [2.24, 2.45) is 5.92 Å². The summed E-state index contributed by atoms with van der Waals surface area (Å²) in [5.74, 6) is 1.56. The minimum atomic E-state index is -0.0649. The fourth-order valence-corrected chi connectivity index (χ4v) is 4.45. The molecule has 0 bridgehead atoms. The number of hydrogen-bond acceptors (Lipinski definition) is 5. The van der Waals surface area contributed by atoms with E-state index in [2.05, 4.69) is 34.1 Å². The van der Waals surface area contributed by atoms with Crippen molar-refractivity contribution in [2.45, 2.75) is 38.8 Å². The Labute approximate surface area is 198 Å². The van der Waals surface area contributed by atoms with Crippen LogP contribution in [0.3, 0.4) is 0 Å². The maximum Gasteiger partial charge on any atom is 0.255 e. The van der Waals surface area contributed by atoms with E-state index in [9.17, 15) is 4.79 Å². The lowest BCUT2D eigenvalue weighted by Gasteiger charge is -2.44. The molecule has 3 aromatic rings. The van der Waals surface area contributed by atoms with Crippen LogP contribution < -0.4 is 5.32 Å². The molecule has 0 aliphatic carbocycles. The Kier molecular flexibility index (Phi) is 6.92. The third-order valence-corrected chi connectivity index (χ3v) is 6.57. The number of carbonyl (C=O) groups is 1. The van der Waals surface area contributed by atoms with Gasteiger partial charge in [0.2, 0.25) is 0 Å². The van der Waals surface area contributed by atoms with Crippen LogP contribution >= 0.6 is 23.2 Å². The van der Waals surface area contributed by atoms with E-state index in [4.69, 9.17) is 23.2 Å². The molecule has 0 spiro atoms. The summed E-state index contributed by atoms with van der Waals surface area (Å²) in [7, 11) is 0. The first kappa shape index (κ1) is 22.5. The number of amides is 1. The molecule has 166 valence electrons. The molecular formula is C24H25Cl2N5O. The summed E-state index contributed by atoms with van der Waals surface area (Å²) in [5, 5.41) is 4.45. The van der Waals surface area contributed by atoms with Crippen molar-refractivity contribution in [2.75, 3.05) is 11.9 Å². The first-order valence-electron chi connectivity index (χ1n) is 10.7. The van der Waals surface area contributed by atoms with Gasteiger partial charge in [-0.3, -0.25) is 4.79 Å². The van der Waals surface area contributed by atoms with Crippen molar-refractivity contribution >= 4 is 34.9 Å². The standard InChI is InChI=1S/C24H25Cl2N5O/c1-15-4-7-19(14-30-22-9-6-18(26)13-29-22)31(16(15)2)24(32)21-12-17(25)5-8-20(21)23-27-10-3-11-28-23/h3,5-6,8-13,15-16,19H,4,7,14H2,1-2H3,(H,29,30)/t15-,16?,19-/m0/s1. The summed E-state index contributed by atoms with van der Waals surface area (Å²) in [6.45, 7) is 4.89. The maximum atomic E-state index is 13.9. The smallest absolute Gasteiger partial charge is 0.255 e. The summed E-state index contributed by atoms with van der Waals surface area (Å²) in [6.07, 6.45) is 6.90. The number of nitrogens with zero attached hydrogens (tertiary/aromatic N) is 4. The van der Waals surface area contributed by atoms with Gasteiger partial charge in [0.1, 0.15) is 5.82 Å². The van der Waals surface area contributed by atoms with Crippen molar-refractivity contribution in [3.63, 3.8) is 0 Å². The molecule has 3 atom stereocenters. The van der Waals surface area contributed by atoms with E-state index in [1.807, 2.05) is 17.0 Å². The van der Waals surface area contributed by atoms with E-state index in [1.54, 1.807) is 42.9 Å². The van der Waals surface area contributed by atoms with Crippen molar-refractivity contribution in [1.82, 2.24) is 19.9 Å². The summed E-state index contributed by atoms with van der Waals surface area (Å²) < 4.78 is 0. The fourth-order valence-electron chi connectivity index (χ4n) is 4.16. The van der Waals surface area contributed by atoms with Crippen LogP contribution in [-0.4, -0.2) is 44.4 Å². The average Bonchev–Trinajstić information content (AvgIpc) is 2.81. The van der Waals surface area contributed by atoms with Gasteiger partial charge in [0.05, 0.1) is 10.6 Å². The van der Waals surface area contributed by atoms with E-state index >= 15 is 0 Å². The van der Waals surface area contributed by atoms with Crippen LogP contribution in [0, 0.1) is 5.92 Å². The highest BCUT2D eigenvalue weighted by atomic mass is 35.5. The van der Waals surface area contributed by atoms with E-state index in [1.165, 1.54) is 0 Å². The topological polar surface area (TPSA) is 71.0 Å². The van der Waals surface area contributed by atoms with Crippen LogP contribution in [0.5, 0.6) is 0 Å². The maximum absolute atomic E-state index is 13.9. The number of nitrogens with one attached hydrogen (secondary N) is 1. The Balaban J connectivity index is 1.64. The van der Waals surface area contributed by atoms with Crippen LogP contribution in [0.4, 0.5) is 5.82 Å². The predicted molar refractivity (Wildman–Crippen MR) is 128 cm³/mol. The molecule has 1 aliphatic heterocycles. The third kappa shape index (κ3) is 4.87. The number of aromatic nitrogens is 3. The molecule has 1 fully saturated rings. The van der Waals surface area contributed by atoms with Crippen LogP contribution in [0.25, 0.3) is 11.4 Å². The Bertz CT molecular complexity index is 1080. The molecule has 4 rings (SSSR count). The minimum Gasteiger partial charge on any atom is -0.368 e. The first-order valence-corrected chi connectivity index (χ1v) is 11.4. The molecule has 0 saturated carbocycles. The molecule has 8 heteroatoms. The number of carbonyl (C=O) groups excluding carboxylic acids is 1. The van der Waals surface area contributed by atoms with Gasteiger partial charge >= 0.3 is 0 Å². The Hall–Kier alpha value is -2.70. The lowest BCUT2D eigenvalue weighted by molar-refractivity contribution is 0.0379. The van der Waals surface area contributed by atoms with E-state index in [0.29, 0.717) is 39.5 Å². The molecule has 1 unspecified atom stereocenters. The zero-order chi connectivity index (χ0) is 22.7.